The fourth-order valence-corrected chi connectivity index (χ4v) is 4.30. The summed E-state index contributed by atoms with van der Waals surface area (Å²) >= 11 is 1.70. The van der Waals surface area contributed by atoms with E-state index >= 15 is 0 Å². The molecule has 5 heteroatoms. The van der Waals surface area contributed by atoms with Crippen molar-refractivity contribution in [3.05, 3.63) is 84.2 Å². The number of benzene rings is 2. The zero-order chi connectivity index (χ0) is 19.2. The summed E-state index contributed by atoms with van der Waals surface area (Å²) in [5, 5.41) is 0.934. The topological polar surface area (TPSA) is 46.1 Å². The van der Waals surface area contributed by atoms with Gasteiger partial charge in [-0.25, -0.2) is 4.98 Å². The molecule has 28 heavy (non-hydrogen) atoms. The molecule has 4 nitrogen and oxygen atoms in total. The molecule has 142 valence electrons. The SMILES string of the molecule is O=C(c1ccccc1)C1CCN(c2cncc(SCc3ccccc3)n2)CC1. The second-order valence-electron chi connectivity index (χ2n) is 6.98. The van der Waals surface area contributed by atoms with Crippen molar-refractivity contribution in [3.63, 3.8) is 0 Å². The maximum atomic E-state index is 12.7. The Balaban J connectivity index is 1.35. The Morgan fingerprint density at radius 3 is 2.36 bits per heavy atom. The van der Waals surface area contributed by atoms with Crippen LogP contribution in [0.15, 0.2) is 78.1 Å². The summed E-state index contributed by atoms with van der Waals surface area (Å²) < 4.78 is 0. The lowest BCUT2D eigenvalue weighted by Crippen LogP contribution is -2.37. The van der Waals surface area contributed by atoms with Crippen LogP contribution in [-0.4, -0.2) is 28.8 Å². The standard InChI is InChI=1S/C23H23N3OS/c27-23(19-9-5-2-6-10-19)20-11-13-26(14-12-20)21-15-24-16-22(25-21)28-17-18-7-3-1-4-8-18/h1-10,15-16,20H,11-14,17H2. The molecule has 1 saturated heterocycles. The number of carbonyl (C=O) groups is 1. The fraction of sp³-hybridized carbons (Fsp3) is 0.261. The maximum Gasteiger partial charge on any atom is 0.166 e. The third kappa shape index (κ3) is 4.60. The van der Waals surface area contributed by atoms with Gasteiger partial charge in [-0.15, -0.1) is 11.8 Å². The number of hydrogen-bond acceptors (Lipinski definition) is 5. The molecule has 2 heterocycles. The van der Waals surface area contributed by atoms with Crippen molar-refractivity contribution in [1.29, 1.82) is 0 Å². The number of thioether (sulfide) groups is 1. The minimum Gasteiger partial charge on any atom is -0.355 e. The number of ketones is 1. The zero-order valence-electron chi connectivity index (χ0n) is 15.7. The summed E-state index contributed by atoms with van der Waals surface area (Å²) in [4.78, 5) is 24.1. The van der Waals surface area contributed by atoms with Gasteiger partial charge >= 0.3 is 0 Å². The Labute approximate surface area is 170 Å². The highest BCUT2D eigenvalue weighted by molar-refractivity contribution is 7.98. The third-order valence-corrected chi connectivity index (χ3v) is 6.05. The van der Waals surface area contributed by atoms with Gasteiger partial charge in [0.25, 0.3) is 0 Å². The van der Waals surface area contributed by atoms with Gasteiger partial charge in [0.15, 0.2) is 5.78 Å². The summed E-state index contributed by atoms with van der Waals surface area (Å²) in [6.45, 7) is 1.68. The summed E-state index contributed by atoms with van der Waals surface area (Å²) in [7, 11) is 0. The van der Waals surface area contributed by atoms with Gasteiger partial charge < -0.3 is 4.90 Å². The van der Waals surface area contributed by atoms with Crippen LogP contribution in [0.5, 0.6) is 0 Å². The first kappa shape index (κ1) is 18.7. The van der Waals surface area contributed by atoms with Gasteiger partial charge in [-0.1, -0.05) is 60.7 Å². The van der Waals surface area contributed by atoms with Gasteiger partial charge in [0, 0.05) is 30.3 Å². The molecule has 4 rings (SSSR count). The van der Waals surface area contributed by atoms with Gasteiger partial charge in [-0.05, 0) is 18.4 Å². The van der Waals surface area contributed by atoms with Crippen molar-refractivity contribution < 1.29 is 4.79 Å². The van der Waals surface area contributed by atoms with Crippen molar-refractivity contribution in [3.8, 4) is 0 Å². The summed E-state index contributed by atoms with van der Waals surface area (Å²) in [5.41, 5.74) is 2.10. The van der Waals surface area contributed by atoms with Gasteiger partial charge in [0.2, 0.25) is 0 Å². The largest absolute Gasteiger partial charge is 0.355 e. The molecule has 1 fully saturated rings. The number of aromatic nitrogens is 2. The molecule has 3 aromatic rings. The maximum absolute atomic E-state index is 12.7. The van der Waals surface area contributed by atoms with E-state index in [9.17, 15) is 4.79 Å². The number of rotatable bonds is 6. The van der Waals surface area contributed by atoms with E-state index in [-0.39, 0.29) is 11.7 Å². The molecular formula is C23H23N3OS. The first-order valence-electron chi connectivity index (χ1n) is 9.62. The van der Waals surface area contributed by atoms with Crippen LogP contribution in [-0.2, 0) is 5.75 Å². The molecule has 0 radical (unpaired) electrons. The lowest BCUT2D eigenvalue weighted by molar-refractivity contribution is 0.0900. The molecule has 0 N–H and O–H groups in total. The molecule has 0 unspecified atom stereocenters. The molecule has 1 aliphatic rings. The fourth-order valence-electron chi connectivity index (χ4n) is 3.50. The van der Waals surface area contributed by atoms with Crippen LogP contribution in [0, 0.1) is 5.92 Å². The van der Waals surface area contributed by atoms with Crippen LogP contribution in [0.4, 0.5) is 5.82 Å². The lowest BCUT2D eigenvalue weighted by atomic mass is 9.89. The highest BCUT2D eigenvalue weighted by Gasteiger charge is 2.26. The Morgan fingerprint density at radius 1 is 0.964 bits per heavy atom. The first-order valence-corrected chi connectivity index (χ1v) is 10.6. The van der Waals surface area contributed by atoms with Crippen LogP contribution >= 0.6 is 11.8 Å². The van der Waals surface area contributed by atoms with Gasteiger partial charge in [0.05, 0.1) is 12.4 Å². The minimum atomic E-state index is 0.0993. The first-order chi connectivity index (χ1) is 13.8. The van der Waals surface area contributed by atoms with E-state index in [1.807, 2.05) is 48.8 Å². The normalized spacial score (nSPS) is 14.8. The molecule has 0 spiro atoms. The van der Waals surface area contributed by atoms with E-state index in [2.05, 4.69) is 34.1 Å². The average Bonchev–Trinajstić information content (AvgIpc) is 2.79. The molecule has 1 aromatic heterocycles. The number of Topliss-reactive ketones (excluding diaryl/α,β-unsaturated/α-hetero) is 1. The molecule has 1 aliphatic heterocycles. The molecular weight excluding hydrogens is 366 g/mol. The van der Waals surface area contributed by atoms with E-state index in [1.54, 1.807) is 11.8 Å². The van der Waals surface area contributed by atoms with Crippen LogP contribution in [0.2, 0.25) is 0 Å². The second kappa shape index (κ2) is 9.02. The van der Waals surface area contributed by atoms with Crippen LogP contribution in [0.1, 0.15) is 28.8 Å². The Morgan fingerprint density at radius 2 is 1.64 bits per heavy atom. The predicted molar refractivity (Wildman–Crippen MR) is 114 cm³/mol. The highest BCUT2D eigenvalue weighted by Crippen LogP contribution is 2.27. The van der Waals surface area contributed by atoms with Crippen LogP contribution in [0.25, 0.3) is 0 Å². The van der Waals surface area contributed by atoms with Crippen molar-refractivity contribution in [1.82, 2.24) is 9.97 Å². The van der Waals surface area contributed by atoms with E-state index in [4.69, 9.17) is 4.98 Å². The van der Waals surface area contributed by atoms with Gasteiger partial charge in [0.1, 0.15) is 10.8 Å². The van der Waals surface area contributed by atoms with Crippen molar-refractivity contribution in [2.75, 3.05) is 18.0 Å². The number of carbonyl (C=O) groups excluding carboxylic acids is 1. The predicted octanol–water partition coefficient (Wildman–Crippen LogP) is 4.87. The van der Waals surface area contributed by atoms with Crippen molar-refractivity contribution >= 4 is 23.4 Å². The average molecular weight is 390 g/mol. The molecule has 0 bridgehead atoms. The summed E-state index contributed by atoms with van der Waals surface area (Å²) in [6, 6.07) is 20.0. The second-order valence-corrected chi connectivity index (χ2v) is 7.98. The Kier molecular flexibility index (Phi) is 6.02. The number of piperidine rings is 1. The summed E-state index contributed by atoms with van der Waals surface area (Å²) in [5.74, 6) is 2.15. The molecule has 0 saturated carbocycles. The molecule has 0 aliphatic carbocycles. The number of hydrogen-bond donors (Lipinski definition) is 0. The van der Waals surface area contributed by atoms with Crippen LogP contribution in [0.3, 0.4) is 0 Å². The van der Waals surface area contributed by atoms with E-state index < -0.39 is 0 Å². The Hall–Kier alpha value is -2.66. The zero-order valence-corrected chi connectivity index (χ0v) is 16.5. The third-order valence-electron chi connectivity index (χ3n) is 5.08. The molecule has 2 aromatic carbocycles. The van der Waals surface area contributed by atoms with Crippen molar-refractivity contribution in [2.45, 2.75) is 23.6 Å². The molecule has 0 amide bonds. The lowest BCUT2D eigenvalue weighted by Gasteiger charge is -2.32. The molecule has 0 atom stereocenters. The smallest absolute Gasteiger partial charge is 0.166 e. The minimum absolute atomic E-state index is 0.0993. The summed E-state index contributed by atoms with van der Waals surface area (Å²) in [6.07, 6.45) is 5.36. The van der Waals surface area contributed by atoms with Gasteiger partial charge in [-0.3, -0.25) is 9.78 Å². The van der Waals surface area contributed by atoms with E-state index in [0.29, 0.717) is 0 Å². The highest BCUT2D eigenvalue weighted by atomic mass is 32.2. The van der Waals surface area contributed by atoms with Gasteiger partial charge in [-0.2, -0.15) is 0 Å². The monoisotopic (exact) mass is 389 g/mol. The number of nitrogens with zero attached hydrogens (tertiary/aromatic N) is 3. The Bertz CT molecular complexity index is 909. The number of anilines is 1. The van der Waals surface area contributed by atoms with Crippen LogP contribution < -0.4 is 4.90 Å². The van der Waals surface area contributed by atoms with Crippen molar-refractivity contribution in [2.24, 2.45) is 5.92 Å². The quantitative estimate of drug-likeness (QED) is 0.445. The van der Waals surface area contributed by atoms with E-state index in [0.717, 1.165) is 48.1 Å². The van der Waals surface area contributed by atoms with E-state index in [1.165, 1.54) is 5.56 Å².